The maximum atomic E-state index is 10.7. The molecule has 2 heterocycles. The summed E-state index contributed by atoms with van der Waals surface area (Å²) in [6.07, 6.45) is 4.28. The monoisotopic (exact) mass is 189 g/mol. The molecule has 0 aliphatic heterocycles. The van der Waals surface area contributed by atoms with E-state index in [1.165, 1.54) is 0 Å². The van der Waals surface area contributed by atoms with Crippen molar-refractivity contribution < 1.29 is 4.79 Å². The van der Waals surface area contributed by atoms with Crippen LogP contribution < -0.4 is 0 Å². The third-order valence-corrected chi connectivity index (χ3v) is 2.09. The predicted molar refractivity (Wildman–Crippen MR) is 52.5 cm³/mol. The highest BCUT2D eigenvalue weighted by molar-refractivity contribution is 5.81. The molecule has 0 unspecified atom stereocenters. The van der Waals surface area contributed by atoms with Crippen LogP contribution in [0.25, 0.3) is 5.65 Å². The van der Waals surface area contributed by atoms with E-state index < -0.39 is 0 Å². The molecule has 0 amide bonds. The van der Waals surface area contributed by atoms with E-state index >= 15 is 0 Å². The van der Waals surface area contributed by atoms with E-state index in [0.717, 1.165) is 12.1 Å². The summed E-state index contributed by atoms with van der Waals surface area (Å²) in [5.74, 6) is 1.15. The first-order valence-electron chi connectivity index (χ1n) is 4.52. The van der Waals surface area contributed by atoms with Gasteiger partial charge in [0.1, 0.15) is 11.5 Å². The Hall–Kier alpha value is -1.71. The number of carbonyl (C=O) groups excluding carboxylic acids is 1. The fourth-order valence-corrected chi connectivity index (χ4v) is 1.46. The minimum Gasteiger partial charge on any atom is -0.296 e. The summed E-state index contributed by atoms with van der Waals surface area (Å²) >= 11 is 0. The quantitative estimate of drug-likeness (QED) is 0.675. The second kappa shape index (κ2) is 3.21. The Morgan fingerprint density at radius 3 is 2.93 bits per heavy atom. The van der Waals surface area contributed by atoms with Crippen molar-refractivity contribution in [2.75, 3.05) is 0 Å². The van der Waals surface area contributed by atoms with Gasteiger partial charge < -0.3 is 0 Å². The zero-order valence-corrected chi connectivity index (χ0v) is 8.14. The number of rotatable bonds is 2. The molecule has 0 atom stereocenters. The highest BCUT2D eigenvalue weighted by Crippen LogP contribution is 2.16. The van der Waals surface area contributed by atoms with Crippen LogP contribution in [0.15, 0.2) is 18.5 Å². The maximum absolute atomic E-state index is 10.7. The summed E-state index contributed by atoms with van der Waals surface area (Å²) in [5, 5.41) is 0. The van der Waals surface area contributed by atoms with Gasteiger partial charge in [0, 0.05) is 18.3 Å². The molecular weight excluding hydrogens is 178 g/mol. The van der Waals surface area contributed by atoms with Gasteiger partial charge in [-0.15, -0.1) is 0 Å². The van der Waals surface area contributed by atoms with Crippen LogP contribution in [0.5, 0.6) is 0 Å². The van der Waals surface area contributed by atoms with E-state index in [0.29, 0.717) is 11.3 Å². The van der Waals surface area contributed by atoms with Gasteiger partial charge in [-0.05, 0) is 6.07 Å². The Kier molecular flexibility index (Phi) is 2.04. The van der Waals surface area contributed by atoms with Crippen LogP contribution in [0.3, 0.4) is 0 Å². The largest absolute Gasteiger partial charge is 0.296 e. The number of hydrogen-bond acceptors (Lipinski definition) is 3. The summed E-state index contributed by atoms with van der Waals surface area (Å²) in [6, 6.07) is 1.83. The zero-order chi connectivity index (χ0) is 10.1. The number of fused-ring (bicyclic) bond motifs is 1. The molecule has 0 aromatic carbocycles. The van der Waals surface area contributed by atoms with Crippen molar-refractivity contribution in [2.45, 2.75) is 19.8 Å². The topological polar surface area (TPSA) is 47.3 Å². The highest BCUT2D eigenvalue weighted by Gasteiger charge is 2.12. The Bertz CT molecular complexity index is 473. The van der Waals surface area contributed by atoms with Gasteiger partial charge in [-0.1, -0.05) is 13.8 Å². The summed E-state index contributed by atoms with van der Waals surface area (Å²) in [6.45, 7) is 4.08. The van der Waals surface area contributed by atoms with Crippen LogP contribution in [0, 0.1) is 0 Å². The summed E-state index contributed by atoms with van der Waals surface area (Å²) in [7, 11) is 0. The van der Waals surface area contributed by atoms with Gasteiger partial charge >= 0.3 is 0 Å². The first kappa shape index (κ1) is 8.87. The van der Waals surface area contributed by atoms with Crippen molar-refractivity contribution in [3.63, 3.8) is 0 Å². The van der Waals surface area contributed by atoms with Crippen LogP contribution in [0.2, 0.25) is 0 Å². The lowest BCUT2D eigenvalue weighted by atomic mass is 10.2. The molecule has 0 bridgehead atoms. The van der Waals surface area contributed by atoms with E-state index in [2.05, 4.69) is 9.97 Å². The molecule has 0 radical (unpaired) electrons. The van der Waals surface area contributed by atoms with Crippen LogP contribution in [0.4, 0.5) is 0 Å². The lowest BCUT2D eigenvalue weighted by Crippen LogP contribution is -1.96. The van der Waals surface area contributed by atoms with E-state index in [1.807, 2.05) is 30.5 Å². The van der Waals surface area contributed by atoms with Crippen molar-refractivity contribution in [1.29, 1.82) is 0 Å². The fourth-order valence-electron chi connectivity index (χ4n) is 1.46. The molecule has 0 fully saturated rings. The van der Waals surface area contributed by atoms with E-state index in [4.69, 9.17) is 0 Å². The number of imidazole rings is 1. The minimum absolute atomic E-state index is 0.278. The molecule has 4 nitrogen and oxygen atoms in total. The van der Waals surface area contributed by atoms with E-state index in [1.54, 1.807) is 6.20 Å². The molecule has 0 spiro atoms. The first-order chi connectivity index (χ1) is 6.74. The van der Waals surface area contributed by atoms with Crippen molar-refractivity contribution in [1.82, 2.24) is 14.4 Å². The van der Waals surface area contributed by atoms with Gasteiger partial charge in [0.25, 0.3) is 0 Å². The third-order valence-electron chi connectivity index (χ3n) is 2.09. The highest BCUT2D eigenvalue weighted by atomic mass is 16.1. The van der Waals surface area contributed by atoms with Gasteiger partial charge in [0.15, 0.2) is 11.9 Å². The molecular formula is C10H11N3O. The molecule has 0 saturated heterocycles. The summed E-state index contributed by atoms with van der Waals surface area (Å²) in [4.78, 5) is 19.1. The van der Waals surface area contributed by atoms with E-state index in [-0.39, 0.29) is 5.92 Å². The Balaban J connectivity index is 2.79. The molecule has 2 aromatic rings. The number of aromatic nitrogens is 3. The Morgan fingerprint density at radius 1 is 1.50 bits per heavy atom. The third kappa shape index (κ3) is 1.19. The van der Waals surface area contributed by atoms with Crippen molar-refractivity contribution >= 4 is 11.9 Å². The standard InChI is InChI=1S/C10H11N3O/c1-7(2)9-12-8(6-14)10-11-4-3-5-13(9)10/h3-7H,1-2H3. The SMILES string of the molecule is CC(C)c1nc(C=O)c2ncccn12. The summed E-state index contributed by atoms with van der Waals surface area (Å²) in [5.41, 5.74) is 1.04. The molecule has 0 saturated carbocycles. The molecule has 4 heteroatoms. The molecule has 14 heavy (non-hydrogen) atoms. The molecule has 0 aliphatic rings. The lowest BCUT2D eigenvalue weighted by Gasteiger charge is -2.01. The molecule has 0 N–H and O–H groups in total. The average molecular weight is 189 g/mol. The average Bonchev–Trinajstić information content (AvgIpc) is 2.56. The van der Waals surface area contributed by atoms with Gasteiger partial charge in [-0.2, -0.15) is 0 Å². The second-order valence-electron chi connectivity index (χ2n) is 3.44. The van der Waals surface area contributed by atoms with Crippen LogP contribution in [-0.2, 0) is 0 Å². The number of nitrogens with zero attached hydrogens (tertiary/aromatic N) is 3. The smallest absolute Gasteiger partial charge is 0.172 e. The fraction of sp³-hybridized carbons (Fsp3) is 0.300. The molecule has 0 aliphatic carbocycles. The summed E-state index contributed by atoms with van der Waals surface area (Å²) < 4.78 is 1.86. The van der Waals surface area contributed by atoms with Crippen LogP contribution >= 0.6 is 0 Å². The van der Waals surface area contributed by atoms with Crippen LogP contribution in [-0.4, -0.2) is 20.7 Å². The van der Waals surface area contributed by atoms with Gasteiger partial charge in [0.05, 0.1) is 0 Å². The zero-order valence-electron chi connectivity index (χ0n) is 8.14. The first-order valence-corrected chi connectivity index (χ1v) is 4.52. The normalized spacial score (nSPS) is 11.1. The lowest BCUT2D eigenvalue weighted by molar-refractivity contribution is 0.112. The van der Waals surface area contributed by atoms with Crippen LogP contribution in [0.1, 0.15) is 36.1 Å². The maximum Gasteiger partial charge on any atom is 0.172 e. The Labute approximate surface area is 81.6 Å². The van der Waals surface area contributed by atoms with Crippen molar-refractivity contribution in [2.24, 2.45) is 0 Å². The molecule has 72 valence electrons. The van der Waals surface area contributed by atoms with Gasteiger partial charge in [-0.25, -0.2) is 9.97 Å². The number of aldehydes is 1. The Morgan fingerprint density at radius 2 is 2.29 bits per heavy atom. The van der Waals surface area contributed by atoms with E-state index in [9.17, 15) is 4.79 Å². The van der Waals surface area contributed by atoms with Gasteiger partial charge in [-0.3, -0.25) is 9.20 Å². The molecule has 2 rings (SSSR count). The number of hydrogen-bond donors (Lipinski definition) is 0. The van der Waals surface area contributed by atoms with Crippen molar-refractivity contribution in [3.05, 3.63) is 30.0 Å². The van der Waals surface area contributed by atoms with Gasteiger partial charge in [0.2, 0.25) is 0 Å². The number of carbonyl (C=O) groups is 1. The van der Waals surface area contributed by atoms with Crippen molar-refractivity contribution in [3.8, 4) is 0 Å². The second-order valence-corrected chi connectivity index (χ2v) is 3.44. The molecule has 2 aromatic heterocycles. The predicted octanol–water partition coefficient (Wildman–Crippen LogP) is 1.67. The minimum atomic E-state index is 0.278.